The summed E-state index contributed by atoms with van der Waals surface area (Å²) in [7, 11) is 0. The van der Waals surface area contributed by atoms with Gasteiger partial charge in [0.25, 0.3) is 0 Å². The number of aromatic nitrogens is 1. The van der Waals surface area contributed by atoms with Crippen molar-refractivity contribution in [2.75, 3.05) is 11.9 Å². The molecule has 0 saturated heterocycles. The lowest BCUT2D eigenvalue weighted by molar-refractivity contribution is 0.282. The molecule has 1 fully saturated rings. The SMILES string of the molecule is Cc1ccc2nc(NCCC3CCC(C)CC3)sc2c1. The quantitative estimate of drug-likeness (QED) is 0.833. The molecule has 0 bridgehead atoms. The first-order valence-electron chi connectivity index (χ1n) is 7.82. The number of fused-ring (bicyclic) bond motifs is 1. The molecule has 0 spiro atoms. The Kier molecular flexibility index (Phi) is 4.25. The largest absolute Gasteiger partial charge is 0.361 e. The molecule has 2 nitrogen and oxygen atoms in total. The highest BCUT2D eigenvalue weighted by Gasteiger charge is 2.17. The molecule has 108 valence electrons. The summed E-state index contributed by atoms with van der Waals surface area (Å²) in [6.45, 7) is 5.59. The summed E-state index contributed by atoms with van der Waals surface area (Å²) in [4.78, 5) is 4.66. The zero-order chi connectivity index (χ0) is 13.9. The second-order valence-electron chi connectivity index (χ2n) is 6.33. The van der Waals surface area contributed by atoms with Crippen molar-refractivity contribution in [3.63, 3.8) is 0 Å². The van der Waals surface area contributed by atoms with Gasteiger partial charge in [-0.05, 0) is 42.9 Å². The van der Waals surface area contributed by atoms with Crippen molar-refractivity contribution in [2.45, 2.75) is 46.0 Å². The van der Waals surface area contributed by atoms with Gasteiger partial charge in [0, 0.05) is 6.54 Å². The molecule has 1 aliphatic carbocycles. The molecule has 0 radical (unpaired) electrons. The molecule has 0 atom stereocenters. The molecular weight excluding hydrogens is 264 g/mol. The number of benzene rings is 1. The van der Waals surface area contributed by atoms with Crippen molar-refractivity contribution in [3.8, 4) is 0 Å². The highest BCUT2D eigenvalue weighted by Crippen LogP contribution is 2.31. The van der Waals surface area contributed by atoms with Crippen LogP contribution in [0.3, 0.4) is 0 Å². The number of nitrogens with one attached hydrogen (secondary N) is 1. The minimum atomic E-state index is 0.926. The van der Waals surface area contributed by atoms with Gasteiger partial charge in [-0.15, -0.1) is 0 Å². The van der Waals surface area contributed by atoms with Crippen LogP contribution in [-0.2, 0) is 0 Å². The molecule has 2 aromatic rings. The van der Waals surface area contributed by atoms with Gasteiger partial charge in [-0.3, -0.25) is 0 Å². The van der Waals surface area contributed by atoms with Crippen molar-refractivity contribution in [1.29, 1.82) is 0 Å². The lowest BCUT2D eigenvalue weighted by atomic mass is 9.81. The fourth-order valence-electron chi connectivity index (χ4n) is 3.11. The summed E-state index contributed by atoms with van der Waals surface area (Å²) >= 11 is 1.78. The molecular formula is C17H24N2S. The topological polar surface area (TPSA) is 24.9 Å². The van der Waals surface area contributed by atoms with Crippen molar-refractivity contribution in [1.82, 2.24) is 4.98 Å². The fraction of sp³-hybridized carbons (Fsp3) is 0.588. The first-order chi connectivity index (χ1) is 9.70. The van der Waals surface area contributed by atoms with Crippen molar-refractivity contribution in [3.05, 3.63) is 23.8 Å². The smallest absolute Gasteiger partial charge is 0.183 e. The summed E-state index contributed by atoms with van der Waals surface area (Å²) in [5.74, 6) is 1.88. The number of anilines is 1. The van der Waals surface area contributed by atoms with E-state index >= 15 is 0 Å². The van der Waals surface area contributed by atoms with Gasteiger partial charge in [0.15, 0.2) is 5.13 Å². The Balaban J connectivity index is 1.52. The Hall–Kier alpha value is -1.09. The van der Waals surface area contributed by atoms with E-state index in [-0.39, 0.29) is 0 Å². The Labute approximate surface area is 125 Å². The van der Waals surface area contributed by atoms with E-state index in [1.165, 1.54) is 42.4 Å². The summed E-state index contributed by atoms with van der Waals surface area (Å²) < 4.78 is 1.29. The first kappa shape index (κ1) is 13.9. The number of hydrogen-bond acceptors (Lipinski definition) is 3. The highest BCUT2D eigenvalue weighted by molar-refractivity contribution is 7.22. The van der Waals surface area contributed by atoms with Crippen molar-refractivity contribution in [2.24, 2.45) is 11.8 Å². The van der Waals surface area contributed by atoms with Crippen LogP contribution in [-0.4, -0.2) is 11.5 Å². The third-order valence-electron chi connectivity index (χ3n) is 4.51. The zero-order valence-corrected chi connectivity index (χ0v) is 13.3. The molecule has 1 aromatic carbocycles. The summed E-state index contributed by atoms with van der Waals surface area (Å²) in [5.41, 5.74) is 2.43. The predicted molar refractivity (Wildman–Crippen MR) is 88.6 cm³/mol. The van der Waals surface area contributed by atoms with Crippen LogP contribution in [0.1, 0.15) is 44.6 Å². The molecule has 0 amide bonds. The van der Waals surface area contributed by atoms with Crippen LogP contribution in [0.15, 0.2) is 18.2 Å². The van der Waals surface area contributed by atoms with Gasteiger partial charge in [-0.2, -0.15) is 0 Å². The lowest BCUT2D eigenvalue weighted by Crippen LogP contribution is -2.15. The Morgan fingerprint density at radius 1 is 1.25 bits per heavy atom. The maximum absolute atomic E-state index is 4.66. The second kappa shape index (κ2) is 6.13. The van der Waals surface area contributed by atoms with E-state index in [0.717, 1.165) is 29.0 Å². The third kappa shape index (κ3) is 3.32. The average Bonchev–Trinajstić information content (AvgIpc) is 2.83. The van der Waals surface area contributed by atoms with E-state index in [4.69, 9.17) is 0 Å². The number of thiazole rings is 1. The maximum Gasteiger partial charge on any atom is 0.183 e. The number of rotatable bonds is 4. The van der Waals surface area contributed by atoms with Crippen LogP contribution in [0, 0.1) is 18.8 Å². The first-order valence-corrected chi connectivity index (χ1v) is 8.63. The number of nitrogens with zero attached hydrogens (tertiary/aromatic N) is 1. The van der Waals surface area contributed by atoms with Crippen LogP contribution in [0.25, 0.3) is 10.2 Å². The molecule has 0 unspecified atom stereocenters. The zero-order valence-electron chi connectivity index (χ0n) is 12.5. The van der Waals surface area contributed by atoms with Crippen LogP contribution in [0.4, 0.5) is 5.13 Å². The second-order valence-corrected chi connectivity index (χ2v) is 7.36. The molecule has 3 heteroatoms. The standard InChI is InChI=1S/C17H24N2S/c1-12-3-6-14(7-4-12)9-10-18-17-19-15-8-5-13(2)11-16(15)20-17/h5,8,11-12,14H,3-4,6-7,9-10H2,1-2H3,(H,18,19). The molecule has 1 saturated carbocycles. The van der Waals surface area contributed by atoms with E-state index in [0.29, 0.717) is 0 Å². The lowest BCUT2D eigenvalue weighted by Gasteiger charge is -2.26. The van der Waals surface area contributed by atoms with Gasteiger partial charge in [0.1, 0.15) is 0 Å². The molecule has 1 aliphatic rings. The monoisotopic (exact) mass is 288 g/mol. The molecule has 3 rings (SSSR count). The summed E-state index contributed by atoms with van der Waals surface area (Å²) in [6, 6.07) is 6.48. The Morgan fingerprint density at radius 3 is 2.85 bits per heavy atom. The normalized spacial score (nSPS) is 23.1. The molecule has 0 aliphatic heterocycles. The van der Waals surface area contributed by atoms with Crippen LogP contribution >= 0.6 is 11.3 Å². The van der Waals surface area contributed by atoms with E-state index in [1.807, 2.05) is 0 Å². The summed E-state index contributed by atoms with van der Waals surface area (Å²) in [5, 5.41) is 4.60. The minimum absolute atomic E-state index is 0.926. The third-order valence-corrected chi connectivity index (χ3v) is 5.48. The molecule has 1 aromatic heterocycles. The predicted octanol–water partition coefficient (Wildman–Crippen LogP) is 5.23. The van der Waals surface area contributed by atoms with Gasteiger partial charge in [0.05, 0.1) is 10.2 Å². The maximum atomic E-state index is 4.66. The van der Waals surface area contributed by atoms with E-state index in [9.17, 15) is 0 Å². The van der Waals surface area contributed by atoms with Gasteiger partial charge in [-0.1, -0.05) is 50.0 Å². The molecule has 20 heavy (non-hydrogen) atoms. The average molecular weight is 288 g/mol. The van der Waals surface area contributed by atoms with Crippen LogP contribution in [0.2, 0.25) is 0 Å². The number of aryl methyl sites for hydroxylation is 1. The van der Waals surface area contributed by atoms with Gasteiger partial charge >= 0.3 is 0 Å². The van der Waals surface area contributed by atoms with Gasteiger partial charge in [0.2, 0.25) is 0 Å². The van der Waals surface area contributed by atoms with Crippen LogP contribution in [0.5, 0.6) is 0 Å². The Bertz CT molecular complexity index is 567. The number of hydrogen-bond donors (Lipinski definition) is 1. The molecule has 1 heterocycles. The van der Waals surface area contributed by atoms with Gasteiger partial charge in [-0.25, -0.2) is 4.98 Å². The van der Waals surface area contributed by atoms with Crippen LogP contribution < -0.4 is 5.32 Å². The van der Waals surface area contributed by atoms with E-state index in [1.54, 1.807) is 11.3 Å². The van der Waals surface area contributed by atoms with Crippen molar-refractivity contribution < 1.29 is 0 Å². The summed E-state index contributed by atoms with van der Waals surface area (Å²) in [6.07, 6.45) is 6.97. The fourth-order valence-corrected chi connectivity index (χ4v) is 4.10. The van der Waals surface area contributed by atoms with E-state index < -0.39 is 0 Å². The molecule has 1 N–H and O–H groups in total. The Morgan fingerprint density at radius 2 is 2.05 bits per heavy atom. The minimum Gasteiger partial charge on any atom is -0.361 e. The van der Waals surface area contributed by atoms with E-state index in [2.05, 4.69) is 42.3 Å². The highest BCUT2D eigenvalue weighted by atomic mass is 32.1. The van der Waals surface area contributed by atoms with Gasteiger partial charge < -0.3 is 5.32 Å². The van der Waals surface area contributed by atoms with Crippen molar-refractivity contribution >= 4 is 26.7 Å².